The van der Waals surface area contributed by atoms with Gasteiger partial charge in [0, 0.05) is 20.5 Å². The van der Waals surface area contributed by atoms with Crippen molar-refractivity contribution in [3.63, 3.8) is 0 Å². The maximum atomic E-state index is 11.6. The molecular weight excluding hydrogens is 264 g/mol. The zero-order valence-electron chi connectivity index (χ0n) is 11.8. The Morgan fingerprint density at radius 2 is 2.15 bits per heavy atom. The van der Waals surface area contributed by atoms with Crippen LogP contribution in [0, 0.1) is 17.0 Å². The van der Waals surface area contributed by atoms with E-state index in [-0.39, 0.29) is 11.6 Å². The molecule has 0 amide bonds. The molecule has 0 bridgehead atoms. The first-order chi connectivity index (χ1) is 9.29. The van der Waals surface area contributed by atoms with Crippen molar-refractivity contribution in [2.24, 2.45) is 7.05 Å². The molecule has 0 saturated carbocycles. The first-order valence-electron chi connectivity index (χ1n) is 6.48. The van der Waals surface area contributed by atoms with E-state index in [4.69, 9.17) is 0 Å². The van der Waals surface area contributed by atoms with Crippen molar-refractivity contribution in [3.05, 3.63) is 15.9 Å². The van der Waals surface area contributed by atoms with Gasteiger partial charge in [-0.2, -0.15) is 0 Å². The first kappa shape index (κ1) is 14.3. The van der Waals surface area contributed by atoms with Gasteiger partial charge in [0.1, 0.15) is 5.54 Å². The maximum Gasteiger partial charge on any atom is 0.406 e. The second kappa shape index (κ2) is 4.77. The average Bonchev–Trinajstić information content (AvgIpc) is 2.67. The SMILES string of the molecule is Cc1nc([N+](=O)[O-])c(N2CCCCC2(C)C(=O)O)n1C. The Hall–Kier alpha value is -2.12. The van der Waals surface area contributed by atoms with Crippen molar-refractivity contribution >= 4 is 17.6 Å². The number of carboxylic acids is 1. The quantitative estimate of drug-likeness (QED) is 0.665. The van der Waals surface area contributed by atoms with Gasteiger partial charge >= 0.3 is 11.8 Å². The van der Waals surface area contributed by atoms with Crippen molar-refractivity contribution in [2.75, 3.05) is 11.4 Å². The largest absolute Gasteiger partial charge is 0.480 e. The highest BCUT2D eigenvalue weighted by Crippen LogP contribution is 2.38. The zero-order valence-corrected chi connectivity index (χ0v) is 11.8. The molecule has 2 heterocycles. The molecule has 110 valence electrons. The third-order valence-corrected chi connectivity index (χ3v) is 4.05. The molecule has 0 aromatic carbocycles. The van der Waals surface area contributed by atoms with Gasteiger partial charge in [0.15, 0.2) is 0 Å². The van der Waals surface area contributed by atoms with Gasteiger partial charge < -0.3 is 20.1 Å². The second-order valence-electron chi connectivity index (χ2n) is 5.31. The normalized spacial score (nSPS) is 22.9. The van der Waals surface area contributed by atoms with Gasteiger partial charge in [0.05, 0.1) is 0 Å². The Balaban J connectivity index is 2.59. The molecule has 1 aliphatic rings. The molecule has 1 aliphatic heterocycles. The summed E-state index contributed by atoms with van der Waals surface area (Å²) in [7, 11) is 1.67. The van der Waals surface area contributed by atoms with E-state index in [0.29, 0.717) is 18.8 Å². The van der Waals surface area contributed by atoms with E-state index >= 15 is 0 Å². The van der Waals surface area contributed by atoms with Crippen LogP contribution in [0.5, 0.6) is 0 Å². The zero-order chi connectivity index (χ0) is 15.1. The number of aliphatic carboxylic acids is 1. The summed E-state index contributed by atoms with van der Waals surface area (Å²) in [6, 6.07) is 0. The molecule has 1 N–H and O–H groups in total. The predicted octanol–water partition coefficient (Wildman–Crippen LogP) is 1.47. The molecule has 1 fully saturated rings. The van der Waals surface area contributed by atoms with Crippen molar-refractivity contribution in [1.82, 2.24) is 9.55 Å². The smallest absolute Gasteiger partial charge is 0.406 e. The third-order valence-electron chi connectivity index (χ3n) is 4.05. The summed E-state index contributed by atoms with van der Waals surface area (Å²) in [5.74, 6) is -0.480. The lowest BCUT2D eigenvalue weighted by Gasteiger charge is -2.42. The molecule has 1 aromatic heterocycles. The number of carboxylic acid groups (broad SMARTS) is 1. The lowest BCUT2D eigenvalue weighted by molar-refractivity contribution is -0.388. The minimum absolute atomic E-state index is 0.275. The van der Waals surface area contributed by atoms with E-state index in [1.807, 2.05) is 0 Å². The number of piperidine rings is 1. The molecule has 1 unspecified atom stereocenters. The Morgan fingerprint density at radius 3 is 2.70 bits per heavy atom. The number of hydrogen-bond donors (Lipinski definition) is 1. The number of nitro groups is 1. The van der Waals surface area contributed by atoms with Crippen LogP contribution in [0.25, 0.3) is 0 Å². The molecule has 8 nitrogen and oxygen atoms in total. The van der Waals surface area contributed by atoms with E-state index in [1.165, 1.54) is 0 Å². The van der Waals surface area contributed by atoms with E-state index in [2.05, 4.69) is 4.98 Å². The number of anilines is 1. The minimum atomic E-state index is -1.14. The van der Waals surface area contributed by atoms with Gasteiger partial charge in [0.2, 0.25) is 11.6 Å². The van der Waals surface area contributed by atoms with Gasteiger partial charge in [-0.25, -0.2) is 4.79 Å². The van der Waals surface area contributed by atoms with Gasteiger partial charge in [-0.05, 0) is 36.1 Å². The summed E-state index contributed by atoms with van der Waals surface area (Å²) in [4.78, 5) is 27.8. The molecule has 0 spiro atoms. The fourth-order valence-corrected chi connectivity index (χ4v) is 2.69. The number of imidazole rings is 1. The number of rotatable bonds is 3. The molecule has 1 aromatic rings. The van der Waals surface area contributed by atoms with E-state index in [0.717, 1.165) is 12.8 Å². The number of aryl methyl sites for hydroxylation is 1. The summed E-state index contributed by atoms with van der Waals surface area (Å²) >= 11 is 0. The van der Waals surface area contributed by atoms with Crippen LogP contribution in [0.4, 0.5) is 11.6 Å². The molecule has 8 heteroatoms. The van der Waals surface area contributed by atoms with Crippen LogP contribution in [0.3, 0.4) is 0 Å². The van der Waals surface area contributed by atoms with E-state index < -0.39 is 16.4 Å². The van der Waals surface area contributed by atoms with Crippen LogP contribution in [-0.4, -0.2) is 37.6 Å². The monoisotopic (exact) mass is 282 g/mol. The Labute approximate surface area is 116 Å². The Morgan fingerprint density at radius 1 is 1.50 bits per heavy atom. The third kappa shape index (κ3) is 2.00. The summed E-state index contributed by atoms with van der Waals surface area (Å²) in [5.41, 5.74) is -1.14. The molecule has 1 atom stereocenters. The first-order valence-corrected chi connectivity index (χ1v) is 6.48. The van der Waals surface area contributed by atoms with E-state index in [9.17, 15) is 20.0 Å². The Bertz CT molecular complexity index is 568. The molecule has 1 saturated heterocycles. The summed E-state index contributed by atoms with van der Waals surface area (Å²) < 4.78 is 1.59. The lowest BCUT2D eigenvalue weighted by Crippen LogP contribution is -2.56. The fraction of sp³-hybridized carbons (Fsp3) is 0.667. The summed E-state index contributed by atoms with van der Waals surface area (Å²) in [6.45, 7) is 3.75. The predicted molar refractivity (Wildman–Crippen MR) is 71.8 cm³/mol. The molecule has 0 radical (unpaired) electrons. The molecular formula is C12H18N4O4. The number of carbonyl (C=O) groups is 1. The highest BCUT2D eigenvalue weighted by atomic mass is 16.6. The Kier molecular flexibility index (Phi) is 3.41. The highest BCUT2D eigenvalue weighted by molar-refractivity contribution is 5.84. The number of hydrogen-bond acceptors (Lipinski definition) is 5. The molecule has 0 aliphatic carbocycles. The summed E-state index contributed by atoms with van der Waals surface area (Å²) in [6.07, 6.45) is 2.07. The van der Waals surface area contributed by atoms with Gasteiger partial charge in [-0.1, -0.05) is 0 Å². The van der Waals surface area contributed by atoms with Crippen molar-refractivity contribution in [2.45, 2.75) is 38.6 Å². The standard InChI is InChI=1S/C12H18N4O4/c1-8-13-9(16(19)20)10(14(8)3)15-7-5-4-6-12(15,2)11(17)18/h4-7H2,1-3H3,(H,17,18). The number of aromatic nitrogens is 2. The van der Waals surface area contributed by atoms with Crippen LogP contribution < -0.4 is 4.90 Å². The topological polar surface area (TPSA) is 102 Å². The van der Waals surface area contributed by atoms with Crippen LogP contribution in [0.1, 0.15) is 32.0 Å². The van der Waals surface area contributed by atoms with Gasteiger partial charge in [-0.15, -0.1) is 0 Å². The van der Waals surface area contributed by atoms with E-state index in [1.54, 1.807) is 30.4 Å². The molecule has 2 rings (SSSR count). The van der Waals surface area contributed by atoms with Crippen LogP contribution in [0.15, 0.2) is 0 Å². The van der Waals surface area contributed by atoms with Gasteiger partial charge in [0.25, 0.3) is 0 Å². The van der Waals surface area contributed by atoms with Gasteiger partial charge in [-0.3, -0.25) is 4.57 Å². The number of nitrogens with zero attached hydrogens (tertiary/aromatic N) is 4. The van der Waals surface area contributed by atoms with Crippen molar-refractivity contribution < 1.29 is 14.8 Å². The average molecular weight is 282 g/mol. The highest BCUT2D eigenvalue weighted by Gasteiger charge is 2.45. The molecule has 20 heavy (non-hydrogen) atoms. The minimum Gasteiger partial charge on any atom is -0.480 e. The van der Waals surface area contributed by atoms with Crippen LogP contribution in [0.2, 0.25) is 0 Å². The van der Waals surface area contributed by atoms with Crippen LogP contribution in [-0.2, 0) is 11.8 Å². The van der Waals surface area contributed by atoms with Crippen molar-refractivity contribution in [1.29, 1.82) is 0 Å². The maximum absolute atomic E-state index is 11.6. The fourth-order valence-electron chi connectivity index (χ4n) is 2.69. The lowest BCUT2D eigenvalue weighted by atomic mass is 9.88. The van der Waals surface area contributed by atoms with Crippen LogP contribution >= 0.6 is 0 Å². The second-order valence-corrected chi connectivity index (χ2v) is 5.31. The summed E-state index contributed by atoms with van der Waals surface area (Å²) in [5, 5.41) is 20.7. The van der Waals surface area contributed by atoms with Crippen molar-refractivity contribution in [3.8, 4) is 0 Å².